The number of hydrogen-bond acceptors (Lipinski definition) is 3. The average Bonchev–Trinajstić information content (AvgIpc) is 2.41. The number of nitrogens with two attached hydrogens (primary N) is 1. The molecule has 20 heavy (non-hydrogen) atoms. The van der Waals surface area contributed by atoms with Gasteiger partial charge in [-0.1, -0.05) is 12.1 Å². The molecule has 0 aliphatic carbocycles. The highest BCUT2D eigenvalue weighted by atomic mass is 19.4. The Morgan fingerprint density at radius 1 is 1.20 bits per heavy atom. The van der Waals surface area contributed by atoms with Crippen LogP contribution < -0.4 is 11.3 Å². The van der Waals surface area contributed by atoms with Crippen LogP contribution in [0.2, 0.25) is 0 Å². The van der Waals surface area contributed by atoms with Crippen molar-refractivity contribution in [3.8, 4) is 0 Å². The van der Waals surface area contributed by atoms with Crippen molar-refractivity contribution in [2.24, 2.45) is 5.84 Å². The van der Waals surface area contributed by atoms with Crippen LogP contribution in [-0.4, -0.2) is 4.98 Å². The first-order valence-electron chi connectivity index (χ1n) is 5.98. The predicted octanol–water partition coefficient (Wildman–Crippen LogP) is 2.96. The number of halogens is 3. The molecule has 0 amide bonds. The van der Waals surface area contributed by atoms with E-state index in [0.717, 1.165) is 12.1 Å². The molecule has 0 saturated heterocycles. The Labute approximate surface area is 114 Å². The maximum absolute atomic E-state index is 12.7. The van der Waals surface area contributed by atoms with Crippen LogP contribution in [0, 0.1) is 6.92 Å². The van der Waals surface area contributed by atoms with Crippen molar-refractivity contribution in [3.05, 3.63) is 65.0 Å². The molecule has 0 aliphatic rings. The van der Waals surface area contributed by atoms with Crippen LogP contribution in [0.1, 0.15) is 28.4 Å². The minimum Gasteiger partial charge on any atom is -0.271 e. The fourth-order valence-electron chi connectivity index (χ4n) is 2.06. The van der Waals surface area contributed by atoms with Gasteiger partial charge in [0.25, 0.3) is 0 Å². The molecule has 0 aliphatic heterocycles. The topological polar surface area (TPSA) is 50.9 Å². The number of aryl methyl sites for hydroxylation is 1. The first kappa shape index (κ1) is 14.5. The molecular formula is C14H14F3N3. The van der Waals surface area contributed by atoms with Crippen molar-refractivity contribution in [1.29, 1.82) is 0 Å². The Balaban J connectivity index is 2.42. The van der Waals surface area contributed by atoms with Crippen molar-refractivity contribution in [2.45, 2.75) is 19.1 Å². The third-order valence-corrected chi connectivity index (χ3v) is 3.06. The fraction of sp³-hybridized carbons (Fsp3) is 0.214. The van der Waals surface area contributed by atoms with E-state index in [2.05, 4.69) is 10.4 Å². The minimum atomic E-state index is -4.35. The Bertz CT molecular complexity index is 582. The zero-order chi connectivity index (χ0) is 14.8. The quantitative estimate of drug-likeness (QED) is 0.671. The summed E-state index contributed by atoms with van der Waals surface area (Å²) in [5, 5.41) is 0. The number of rotatable bonds is 3. The lowest BCUT2D eigenvalue weighted by Crippen LogP contribution is -2.30. The lowest BCUT2D eigenvalue weighted by atomic mass is 9.96. The van der Waals surface area contributed by atoms with Gasteiger partial charge >= 0.3 is 6.18 Å². The van der Waals surface area contributed by atoms with Crippen molar-refractivity contribution in [2.75, 3.05) is 0 Å². The Kier molecular flexibility index (Phi) is 4.06. The van der Waals surface area contributed by atoms with Gasteiger partial charge in [0.2, 0.25) is 0 Å². The summed E-state index contributed by atoms with van der Waals surface area (Å²) in [5.41, 5.74) is 3.74. The van der Waals surface area contributed by atoms with Gasteiger partial charge in [0, 0.05) is 6.20 Å². The molecule has 106 valence electrons. The highest BCUT2D eigenvalue weighted by molar-refractivity contribution is 5.38. The van der Waals surface area contributed by atoms with Crippen molar-refractivity contribution < 1.29 is 13.2 Å². The van der Waals surface area contributed by atoms with E-state index >= 15 is 0 Å². The molecule has 1 atom stereocenters. The van der Waals surface area contributed by atoms with Crippen molar-refractivity contribution >= 4 is 0 Å². The van der Waals surface area contributed by atoms with Gasteiger partial charge in [-0.05, 0) is 42.3 Å². The zero-order valence-corrected chi connectivity index (χ0v) is 10.8. The van der Waals surface area contributed by atoms with Crippen LogP contribution in [-0.2, 0) is 6.18 Å². The second-order valence-electron chi connectivity index (χ2n) is 4.42. The number of aromatic nitrogens is 1. The van der Waals surface area contributed by atoms with E-state index in [1.807, 2.05) is 0 Å². The van der Waals surface area contributed by atoms with Crippen LogP contribution in [0.3, 0.4) is 0 Å². The first-order chi connectivity index (χ1) is 9.43. The molecule has 0 saturated carbocycles. The first-order valence-corrected chi connectivity index (χ1v) is 5.98. The SMILES string of the molecule is Cc1cc(C(F)(F)F)ccc1C(NN)c1ccccn1. The summed E-state index contributed by atoms with van der Waals surface area (Å²) in [7, 11) is 0. The van der Waals surface area contributed by atoms with Gasteiger partial charge in [-0.3, -0.25) is 10.8 Å². The van der Waals surface area contributed by atoms with Crippen LogP contribution in [0.5, 0.6) is 0 Å². The normalized spacial score (nSPS) is 13.2. The lowest BCUT2D eigenvalue weighted by Gasteiger charge is -2.19. The second kappa shape index (κ2) is 5.60. The van der Waals surface area contributed by atoms with E-state index in [9.17, 15) is 13.2 Å². The van der Waals surface area contributed by atoms with E-state index in [1.165, 1.54) is 6.07 Å². The molecule has 0 radical (unpaired) electrons. The minimum absolute atomic E-state index is 0.446. The fourth-order valence-corrected chi connectivity index (χ4v) is 2.06. The second-order valence-corrected chi connectivity index (χ2v) is 4.42. The summed E-state index contributed by atoms with van der Waals surface area (Å²) in [6, 6.07) is 8.47. The molecule has 3 N–H and O–H groups in total. The smallest absolute Gasteiger partial charge is 0.271 e. The molecule has 3 nitrogen and oxygen atoms in total. The van der Waals surface area contributed by atoms with Gasteiger partial charge < -0.3 is 0 Å². The molecule has 6 heteroatoms. The number of nitrogens with zero attached hydrogens (tertiary/aromatic N) is 1. The molecule has 1 aromatic heterocycles. The average molecular weight is 281 g/mol. The van der Waals surface area contributed by atoms with E-state index in [-0.39, 0.29) is 0 Å². The summed E-state index contributed by atoms with van der Waals surface area (Å²) >= 11 is 0. The van der Waals surface area contributed by atoms with Crippen molar-refractivity contribution in [1.82, 2.24) is 10.4 Å². The largest absolute Gasteiger partial charge is 0.416 e. The summed E-state index contributed by atoms with van der Waals surface area (Å²) in [4.78, 5) is 4.17. The number of benzene rings is 1. The molecule has 1 heterocycles. The van der Waals surface area contributed by atoms with E-state index in [4.69, 9.17) is 5.84 Å². The van der Waals surface area contributed by atoms with Gasteiger partial charge in [-0.25, -0.2) is 5.43 Å². The maximum atomic E-state index is 12.7. The molecular weight excluding hydrogens is 267 g/mol. The van der Waals surface area contributed by atoms with E-state index in [0.29, 0.717) is 16.8 Å². The van der Waals surface area contributed by atoms with Gasteiger partial charge in [-0.15, -0.1) is 0 Å². The van der Waals surface area contributed by atoms with Crippen LogP contribution in [0.25, 0.3) is 0 Å². The third kappa shape index (κ3) is 2.97. The van der Waals surface area contributed by atoms with Gasteiger partial charge in [0.15, 0.2) is 0 Å². The summed E-state index contributed by atoms with van der Waals surface area (Å²) < 4.78 is 38.0. The number of alkyl halides is 3. The highest BCUT2D eigenvalue weighted by Crippen LogP contribution is 2.32. The number of hydrazine groups is 1. The summed E-state index contributed by atoms with van der Waals surface area (Å²) in [6.07, 6.45) is -2.74. The van der Waals surface area contributed by atoms with Crippen LogP contribution >= 0.6 is 0 Å². The molecule has 0 spiro atoms. The molecule has 1 aromatic carbocycles. The highest BCUT2D eigenvalue weighted by Gasteiger charge is 2.31. The summed E-state index contributed by atoms with van der Waals surface area (Å²) in [5.74, 6) is 5.52. The molecule has 1 unspecified atom stereocenters. The zero-order valence-electron chi connectivity index (χ0n) is 10.8. The standard InChI is InChI=1S/C14H14F3N3/c1-9-8-10(14(15,16)17)5-6-11(9)13(20-18)12-4-2-3-7-19-12/h2-8,13,20H,18H2,1H3. The number of nitrogens with one attached hydrogen (secondary N) is 1. The maximum Gasteiger partial charge on any atom is 0.416 e. The lowest BCUT2D eigenvalue weighted by molar-refractivity contribution is -0.137. The summed E-state index contributed by atoms with van der Waals surface area (Å²) in [6.45, 7) is 1.62. The van der Waals surface area contributed by atoms with E-state index < -0.39 is 17.8 Å². The third-order valence-electron chi connectivity index (χ3n) is 3.06. The van der Waals surface area contributed by atoms with Gasteiger partial charge in [0.1, 0.15) is 0 Å². The predicted molar refractivity (Wildman–Crippen MR) is 69.6 cm³/mol. The molecule has 2 rings (SSSR count). The molecule has 0 fully saturated rings. The number of pyridine rings is 1. The van der Waals surface area contributed by atoms with Gasteiger partial charge in [-0.2, -0.15) is 13.2 Å². The Hall–Kier alpha value is -1.92. The van der Waals surface area contributed by atoms with Crippen LogP contribution in [0.4, 0.5) is 13.2 Å². The van der Waals surface area contributed by atoms with Crippen molar-refractivity contribution in [3.63, 3.8) is 0 Å². The Morgan fingerprint density at radius 3 is 2.45 bits per heavy atom. The molecule has 2 aromatic rings. The monoisotopic (exact) mass is 281 g/mol. The number of hydrogen-bond donors (Lipinski definition) is 2. The van der Waals surface area contributed by atoms with Crippen LogP contribution in [0.15, 0.2) is 42.6 Å². The molecule has 0 bridgehead atoms. The Morgan fingerprint density at radius 2 is 1.95 bits per heavy atom. The van der Waals surface area contributed by atoms with E-state index in [1.54, 1.807) is 31.3 Å². The van der Waals surface area contributed by atoms with Gasteiger partial charge in [0.05, 0.1) is 17.3 Å².